The summed E-state index contributed by atoms with van der Waals surface area (Å²) in [5.41, 5.74) is 2.84. The normalized spacial score (nSPS) is 20.1. The zero-order valence-corrected chi connectivity index (χ0v) is 19.8. The summed E-state index contributed by atoms with van der Waals surface area (Å²) in [5, 5.41) is 3.98. The van der Waals surface area contributed by atoms with Gasteiger partial charge in [0.2, 0.25) is 0 Å². The average molecular weight is 467 g/mol. The van der Waals surface area contributed by atoms with Crippen molar-refractivity contribution in [1.29, 1.82) is 0 Å². The topological polar surface area (TPSA) is 68.7 Å². The lowest BCUT2D eigenvalue weighted by Crippen LogP contribution is -2.51. The molecule has 0 saturated carbocycles. The lowest BCUT2D eigenvalue weighted by molar-refractivity contribution is -0.123. The summed E-state index contributed by atoms with van der Waals surface area (Å²) in [5.74, 6) is 2.11. The number of ether oxygens (including phenoxy) is 1. The molecule has 1 unspecified atom stereocenters. The Labute approximate surface area is 199 Å². The van der Waals surface area contributed by atoms with Crippen LogP contribution in [0.25, 0.3) is 0 Å². The Hall–Kier alpha value is -2.93. The van der Waals surface area contributed by atoms with Crippen LogP contribution in [0.4, 0.5) is 4.39 Å². The van der Waals surface area contributed by atoms with E-state index in [9.17, 15) is 9.18 Å². The van der Waals surface area contributed by atoms with Crippen molar-refractivity contribution in [3.63, 3.8) is 0 Å². The summed E-state index contributed by atoms with van der Waals surface area (Å²) in [6, 6.07) is 10.4. The predicted molar refractivity (Wildman–Crippen MR) is 124 cm³/mol. The number of rotatable bonds is 5. The minimum atomic E-state index is -0.198. The number of likely N-dealkylation sites (tertiary alicyclic amines) is 1. The van der Waals surface area contributed by atoms with E-state index in [2.05, 4.69) is 5.16 Å². The van der Waals surface area contributed by atoms with Gasteiger partial charge in [0.05, 0.1) is 11.3 Å². The van der Waals surface area contributed by atoms with E-state index >= 15 is 0 Å². The number of piperidine rings is 1. The number of amides is 1. The molecule has 34 heavy (non-hydrogen) atoms. The molecule has 0 aliphatic carbocycles. The number of aromatic nitrogens is 1. The standard InChI is InChI=1S/C27H31FN2O4/c1-18-24(19(2)34-29-18)16-23-7-8-25(33-23)26(31)30-12-10-27(11-13-30)17-21(9-14-32-27)15-20-3-5-22(28)6-4-20/h3-8,21H,9-17H2,1-2H3. The smallest absolute Gasteiger partial charge is 0.289 e. The van der Waals surface area contributed by atoms with Gasteiger partial charge in [0.25, 0.3) is 5.91 Å². The molecule has 1 aromatic carbocycles. The van der Waals surface area contributed by atoms with Crippen LogP contribution in [0, 0.1) is 25.6 Å². The van der Waals surface area contributed by atoms with Crippen LogP contribution < -0.4 is 0 Å². The Morgan fingerprint density at radius 3 is 2.62 bits per heavy atom. The number of aryl methyl sites for hydroxylation is 2. The summed E-state index contributed by atoms with van der Waals surface area (Å²) < 4.78 is 30.6. The number of furan rings is 1. The van der Waals surface area contributed by atoms with E-state index < -0.39 is 0 Å². The molecule has 5 rings (SSSR count). The first-order chi connectivity index (χ1) is 16.4. The number of halogens is 1. The molecule has 0 bridgehead atoms. The van der Waals surface area contributed by atoms with Crippen LogP contribution in [-0.4, -0.2) is 41.3 Å². The van der Waals surface area contributed by atoms with Gasteiger partial charge in [-0.2, -0.15) is 0 Å². The van der Waals surface area contributed by atoms with Crippen LogP contribution >= 0.6 is 0 Å². The summed E-state index contributed by atoms with van der Waals surface area (Å²) >= 11 is 0. The Morgan fingerprint density at radius 1 is 1.15 bits per heavy atom. The van der Waals surface area contributed by atoms with Gasteiger partial charge in [-0.3, -0.25) is 4.79 Å². The maximum Gasteiger partial charge on any atom is 0.289 e. The van der Waals surface area contributed by atoms with Gasteiger partial charge in [0.1, 0.15) is 17.3 Å². The second-order valence-corrected chi connectivity index (χ2v) is 9.76. The highest BCUT2D eigenvalue weighted by Gasteiger charge is 2.41. The molecule has 180 valence electrons. The summed E-state index contributed by atoms with van der Waals surface area (Å²) in [4.78, 5) is 15.0. The first kappa shape index (κ1) is 22.8. The van der Waals surface area contributed by atoms with Gasteiger partial charge in [-0.15, -0.1) is 0 Å². The highest BCUT2D eigenvalue weighted by molar-refractivity contribution is 5.91. The molecule has 7 heteroatoms. The molecule has 1 spiro atoms. The van der Waals surface area contributed by atoms with Crippen molar-refractivity contribution >= 4 is 5.91 Å². The number of carbonyl (C=O) groups is 1. The Kier molecular flexibility index (Phi) is 6.30. The molecule has 1 atom stereocenters. The van der Waals surface area contributed by atoms with Crippen LogP contribution in [0.2, 0.25) is 0 Å². The van der Waals surface area contributed by atoms with Gasteiger partial charge in [-0.25, -0.2) is 4.39 Å². The molecule has 3 aromatic rings. The van der Waals surface area contributed by atoms with E-state index in [0.717, 1.165) is 61.5 Å². The van der Waals surface area contributed by atoms with Crippen LogP contribution in [0.3, 0.4) is 0 Å². The van der Waals surface area contributed by atoms with Gasteiger partial charge in [-0.1, -0.05) is 17.3 Å². The SMILES string of the molecule is Cc1noc(C)c1Cc1ccc(C(=O)N2CCC3(CC2)CC(Cc2ccc(F)cc2)CCO3)o1. The van der Waals surface area contributed by atoms with E-state index in [1.54, 1.807) is 6.07 Å². The van der Waals surface area contributed by atoms with E-state index in [0.29, 0.717) is 31.2 Å². The molecule has 1 amide bonds. The second-order valence-electron chi connectivity index (χ2n) is 9.76. The quantitative estimate of drug-likeness (QED) is 0.513. The maximum atomic E-state index is 13.2. The van der Waals surface area contributed by atoms with Crippen LogP contribution in [0.1, 0.15) is 64.6 Å². The molecule has 2 fully saturated rings. The number of carbonyl (C=O) groups excluding carboxylic acids is 1. The monoisotopic (exact) mass is 466 g/mol. The molecule has 2 aliphatic rings. The summed E-state index contributed by atoms with van der Waals surface area (Å²) in [6.45, 7) is 5.83. The van der Waals surface area contributed by atoms with Crippen LogP contribution in [0.15, 0.2) is 45.3 Å². The molecule has 2 saturated heterocycles. The number of hydrogen-bond acceptors (Lipinski definition) is 5. The maximum absolute atomic E-state index is 13.2. The predicted octanol–water partition coefficient (Wildman–Crippen LogP) is 5.26. The minimum Gasteiger partial charge on any atom is -0.456 e. The van der Waals surface area contributed by atoms with E-state index in [1.807, 2.05) is 36.9 Å². The van der Waals surface area contributed by atoms with E-state index in [-0.39, 0.29) is 17.3 Å². The fraction of sp³-hybridized carbons (Fsp3) is 0.481. The molecule has 0 radical (unpaired) electrons. The summed E-state index contributed by atoms with van der Waals surface area (Å²) in [7, 11) is 0. The third-order valence-electron chi connectivity index (χ3n) is 7.40. The van der Waals surface area contributed by atoms with Gasteiger partial charge >= 0.3 is 0 Å². The second kappa shape index (κ2) is 9.37. The van der Waals surface area contributed by atoms with Crippen molar-refractivity contribution in [2.45, 2.75) is 58.0 Å². The number of benzene rings is 1. The van der Waals surface area contributed by atoms with Crippen molar-refractivity contribution < 1.29 is 22.9 Å². The van der Waals surface area contributed by atoms with Crippen molar-refractivity contribution in [2.24, 2.45) is 5.92 Å². The molecule has 2 aromatic heterocycles. The highest BCUT2D eigenvalue weighted by atomic mass is 19.1. The molecular weight excluding hydrogens is 435 g/mol. The van der Waals surface area contributed by atoms with Crippen LogP contribution in [-0.2, 0) is 17.6 Å². The minimum absolute atomic E-state index is 0.0708. The zero-order valence-electron chi connectivity index (χ0n) is 19.8. The highest BCUT2D eigenvalue weighted by Crippen LogP contribution is 2.39. The van der Waals surface area contributed by atoms with Crippen molar-refractivity contribution in [1.82, 2.24) is 10.1 Å². The number of hydrogen-bond donors (Lipinski definition) is 0. The Bertz CT molecular complexity index is 1120. The zero-order chi connectivity index (χ0) is 23.7. The molecular formula is C27H31FN2O4. The molecule has 2 aliphatic heterocycles. The fourth-order valence-corrected chi connectivity index (χ4v) is 5.40. The lowest BCUT2D eigenvalue weighted by atomic mass is 9.77. The average Bonchev–Trinajstić information content (AvgIpc) is 3.43. The molecule has 0 N–H and O–H groups in total. The fourth-order valence-electron chi connectivity index (χ4n) is 5.40. The van der Waals surface area contributed by atoms with E-state index in [1.165, 1.54) is 17.7 Å². The third-order valence-corrected chi connectivity index (χ3v) is 7.40. The third kappa shape index (κ3) is 4.80. The van der Waals surface area contributed by atoms with Crippen molar-refractivity contribution in [3.05, 3.63) is 76.3 Å². The number of nitrogens with zero attached hydrogens (tertiary/aromatic N) is 2. The Balaban J connectivity index is 1.17. The van der Waals surface area contributed by atoms with Crippen molar-refractivity contribution in [3.8, 4) is 0 Å². The molecule has 4 heterocycles. The largest absolute Gasteiger partial charge is 0.456 e. The molecule has 6 nitrogen and oxygen atoms in total. The van der Waals surface area contributed by atoms with Crippen LogP contribution in [0.5, 0.6) is 0 Å². The van der Waals surface area contributed by atoms with Gasteiger partial charge in [-0.05, 0) is 81.7 Å². The van der Waals surface area contributed by atoms with E-state index in [4.69, 9.17) is 13.7 Å². The van der Waals surface area contributed by atoms with Crippen molar-refractivity contribution in [2.75, 3.05) is 19.7 Å². The Morgan fingerprint density at radius 2 is 1.91 bits per heavy atom. The first-order valence-corrected chi connectivity index (χ1v) is 12.1. The van der Waals surface area contributed by atoms with Gasteiger partial charge in [0, 0.05) is 31.7 Å². The first-order valence-electron chi connectivity index (χ1n) is 12.1. The lowest BCUT2D eigenvalue weighted by Gasteiger charge is -2.46. The van der Waals surface area contributed by atoms with Gasteiger partial charge in [0.15, 0.2) is 5.76 Å². The summed E-state index contributed by atoms with van der Waals surface area (Å²) in [6.07, 6.45) is 5.14. The van der Waals surface area contributed by atoms with Gasteiger partial charge < -0.3 is 18.6 Å².